The van der Waals surface area contributed by atoms with Crippen molar-refractivity contribution >= 4 is 12.1 Å². The molecule has 1 aromatic heterocycles. The number of alkyl carbamates (subject to hydrolysis) is 1. The van der Waals surface area contributed by atoms with Crippen molar-refractivity contribution in [3.63, 3.8) is 0 Å². The molecule has 2 atom stereocenters. The summed E-state index contributed by atoms with van der Waals surface area (Å²) in [5, 5.41) is 22.3. The number of nitrogens with zero attached hydrogens (tertiary/aromatic N) is 2. The van der Waals surface area contributed by atoms with Crippen LogP contribution in [0.25, 0.3) is 0 Å². The molecule has 9 nitrogen and oxygen atoms in total. The molecule has 1 heterocycles. The summed E-state index contributed by atoms with van der Waals surface area (Å²) in [7, 11) is 2.77. The van der Waals surface area contributed by atoms with Crippen molar-refractivity contribution in [2.75, 3.05) is 13.7 Å². The second-order valence-corrected chi connectivity index (χ2v) is 5.99. The molecule has 1 aromatic rings. The Bertz CT molecular complexity index is 563. The van der Waals surface area contributed by atoms with Gasteiger partial charge in [0.1, 0.15) is 17.8 Å². The molecule has 2 unspecified atom stereocenters. The molecule has 0 aliphatic heterocycles. The molecule has 3 N–H and O–H groups in total. The first-order valence-corrected chi connectivity index (χ1v) is 6.99. The van der Waals surface area contributed by atoms with Gasteiger partial charge in [-0.3, -0.25) is 0 Å². The van der Waals surface area contributed by atoms with Crippen LogP contribution in [-0.4, -0.2) is 57.2 Å². The third-order valence-electron chi connectivity index (χ3n) is 2.78. The maximum absolute atomic E-state index is 11.5. The minimum absolute atomic E-state index is 0.00569. The summed E-state index contributed by atoms with van der Waals surface area (Å²) in [6, 6.07) is 0. The summed E-state index contributed by atoms with van der Waals surface area (Å²) >= 11 is 0. The number of aliphatic hydroxyl groups excluding tert-OH is 2. The second-order valence-electron chi connectivity index (χ2n) is 5.99. The van der Waals surface area contributed by atoms with E-state index in [1.54, 1.807) is 27.8 Å². The van der Waals surface area contributed by atoms with Crippen LogP contribution in [0.3, 0.4) is 0 Å². The number of carbonyl (C=O) groups is 2. The summed E-state index contributed by atoms with van der Waals surface area (Å²) in [5.74, 6) is -0.666. The van der Waals surface area contributed by atoms with Gasteiger partial charge in [0.2, 0.25) is 5.82 Å². The predicted octanol–water partition coefficient (Wildman–Crippen LogP) is 0.126. The lowest BCUT2D eigenvalue weighted by molar-refractivity contribution is 0.0109. The lowest BCUT2D eigenvalue weighted by Crippen LogP contribution is -2.38. The first-order valence-electron chi connectivity index (χ1n) is 6.99. The topological polar surface area (TPSA) is 123 Å². The van der Waals surface area contributed by atoms with E-state index in [1.807, 2.05) is 0 Å². The number of methoxy groups -OCH3 is 1. The normalized spacial score (nSPS) is 14.0. The van der Waals surface area contributed by atoms with E-state index in [1.165, 1.54) is 17.9 Å². The van der Waals surface area contributed by atoms with Crippen LogP contribution in [0, 0.1) is 0 Å². The van der Waals surface area contributed by atoms with Crippen molar-refractivity contribution in [1.82, 2.24) is 14.9 Å². The van der Waals surface area contributed by atoms with Gasteiger partial charge < -0.3 is 29.6 Å². The Morgan fingerprint density at radius 1 is 1.39 bits per heavy atom. The molecule has 0 radical (unpaired) electrons. The lowest BCUT2D eigenvalue weighted by atomic mass is 10.1. The van der Waals surface area contributed by atoms with Crippen LogP contribution in [0.5, 0.6) is 0 Å². The fraction of sp³-hybridized carbons (Fsp3) is 0.643. The molecule has 0 saturated heterocycles. The number of ether oxygens (including phenoxy) is 2. The number of aromatic nitrogens is 2. The highest BCUT2D eigenvalue weighted by Crippen LogP contribution is 2.16. The van der Waals surface area contributed by atoms with Crippen molar-refractivity contribution < 1.29 is 29.3 Å². The van der Waals surface area contributed by atoms with E-state index >= 15 is 0 Å². The Morgan fingerprint density at radius 2 is 2.00 bits per heavy atom. The molecule has 0 aromatic carbocycles. The van der Waals surface area contributed by atoms with Gasteiger partial charge in [-0.25, -0.2) is 14.6 Å². The fourth-order valence-corrected chi connectivity index (χ4v) is 1.72. The van der Waals surface area contributed by atoms with Crippen molar-refractivity contribution in [1.29, 1.82) is 0 Å². The Balaban J connectivity index is 2.65. The summed E-state index contributed by atoms with van der Waals surface area (Å²) < 4.78 is 10.9. The van der Waals surface area contributed by atoms with E-state index in [2.05, 4.69) is 15.0 Å². The Labute approximate surface area is 134 Å². The van der Waals surface area contributed by atoms with Gasteiger partial charge in [-0.05, 0) is 20.8 Å². The molecule has 1 amide bonds. The summed E-state index contributed by atoms with van der Waals surface area (Å²) in [6.45, 7) is 4.89. The standard InChI is InChI=1S/C14H23N3O6/c1-14(2,3)23-13(21)15-6-9(18)10(19)8-7-17(4)11(16-8)12(20)22-5/h7,9-10,18-19H,6H2,1-5H3,(H,15,21). The van der Waals surface area contributed by atoms with E-state index in [0.717, 1.165) is 0 Å². The number of rotatable bonds is 5. The summed E-state index contributed by atoms with van der Waals surface area (Å²) in [6.07, 6.45) is -2.01. The number of carbonyl (C=O) groups excluding carboxylic acids is 2. The number of hydrogen-bond donors (Lipinski definition) is 3. The molecule has 9 heteroatoms. The summed E-state index contributed by atoms with van der Waals surface area (Å²) in [4.78, 5) is 26.9. The van der Waals surface area contributed by atoms with Gasteiger partial charge in [-0.15, -0.1) is 0 Å². The molecule has 1 rings (SSSR count). The van der Waals surface area contributed by atoms with Crippen molar-refractivity contribution in [3.05, 3.63) is 17.7 Å². The number of amides is 1. The molecule has 0 aliphatic carbocycles. The van der Waals surface area contributed by atoms with Crippen molar-refractivity contribution in [2.24, 2.45) is 7.05 Å². The molecule has 23 heavy (non-hydrogen) atoms. The largest absolute Gasteiger partial charge is 0.463 e. The Kier molecular flexibility index (Phi) is 6.11. The zero-order chi connectivity index (χ0) is 17.8. The quantitative estimate of drug-likeness (QED) is 0.656. The first kappa shape index (κ1) is 18.9. The van der Waals surface area contributed by atoms with Gasteiger partial charge in [0, 0.05) is 19.8 Å². The average molecular weight is 329 g/mol. The minimum Gasteiger partial charge on any atom is -0.463 e. The fourth-order valence-electron chi connectivity index (χ4n) is 1.72. The van der Waals surface area contributed by atoms with Crippen LogP contribution in [0.1, 0.15) is 43.2 Å². The molecule has 0 spiro atoms. The van der Waals surface area contributed by atoms with E-state index in [0.29, 0.717) is 0 Å². The van der Waals surface area contributed by atoms with Crippen molar-refractivity contribution in [2.45, 2.75) is 38.6 Å². The highest BCUT2D eigenvalue weighted by Gasteiger charge is 2.25. The highest BCUT2D eigenvalue weighted by atomic mass is 16.6. The van der Waals surface area contributed by atoms with Gasteiger partial charge in [0.05, 0.1) is 12.8 Å². The van der Waals surface area contributed by atoms with Crippen LogP contribution in [0.2, 0.25) is 0 Å². The van der Waals surface area contributed by atoms with Crippen molar-refractivity contribution in [3.8, 4) is 0 Å². The number of nitrogens with one attached hydrogen (secondary N) is 1. The molecule has 0 fully saturated rings. The van der Waals surface area contributed by atoms with Crippen LogP contribution in [0.15, 0.2) is 6.20 Å². The monoisotopic (exact) mass is 329 g/mol. The van der Waals surface area contributed by atoms with Gasteiger partial charge in [0.15, 0.2) is 0 Å². The lowest BCUT2D eigenvalue weighted by Gasteiger charge is -2.21. The number of imidazole rings is 1. The summed E-state index contributed by atoms with van der Waals surface area (Å²) in [5.41, 5.74) is -0.573. The smallest absolute Gasteiger partial charge is 0.407 e. The third kappa shape index (κ3) is 5.53. The molecular weight excluding hydrogens is 306 g/mol. The zero-order valence-corrected chi connectivity index (χ0v) is 13.9. The number of hydrogen-bond acceptors (Lipinski definition) is 7. The van der Waals surface area contributed by atoms with Crippen LogP contribution in [-0.2, 0) is 16.5 Å². The Hall–Kier alpha value is -2.13. The van der Waals surface area contributed by atoms with Gasteiger partial charge in [0.25, 0.3) is 0 Å². The maximum Gasteiger partial charge on any atom is 0.407 e. The second kappa shape index (κ2) is 7.42. The van der Waals surface area contributed by atoms with E-state index < -0.39 is 29.9 Å². The third-order valence-corrected chi connectivity index (χ3v) is 2.78. The number of aliphatic hydroxyl groups is 2. The van der Waals surface area contributed by atoms with E-state index in [-0.39, 0.29) is 18.1 Å². The minimum atomic E-state index is -1.38. The average Bonchev–Trinajstić information content (AvgIpc) is 2.83. The van der Waals surface area contributed by atoms with Crippen LogP contribution >= 0.6 is 0 Å². The SMILES string of the molecule is COC(=O)c1nc(C(O)C(O)CNC(=O)OC(C)(C)C)cn1C. The maximum atomic E-state index is 11.5. The van der Waals surface area contributed by atoms with Crippen LogP contribution < -0.4 is 5.32 Å². The van der Waals surface area contributed by atoms with Gasteiger partial charge >= 0.3 is 12.1 Å². The Morgan fingerprint density at radius 3 is 2.52 bits per heavy atom. The van der Waals surface area contributed by atoms with Crippen LogP contribution in [0.4, 0.5) is 4.79 Å². The molecular formula is C14H23N3O6. The molecule has 0 aliphatic rings. The molecule has 0 bridgehead atoms. The highest BCUT2D eigenvalue weighted by molar-refractivity contribution is 5.85. The zero-order valence-electron chi connectivity index (χ0n) is 13.9. The number of esters is 1. The van der Waals surface area contributed by atoms with E-state index in [9.17, 15) is 19.8 Å². The number of aryl methyl sites for hydroxylation is 1. The van der Waals surface area contributed by atoms with E-state index in [4.69, 9.17) is 4.74 Å². The molecule has 0 saturated carbocycles. The van der Waals surface area contributed by atoms with Gasteiger partial charge in [-0.2, -0.15) is 0 Å². The first-order chi connectivity index (χ1) is 10.5. The van der Waals surface area contributed by atoms with Gasteiger partial charge in [-0.1, -0.05) is 0 Å². The molecule has 130 valence electrons. The predicted molar refractivity (Wildman–Crippen MR) is 79.8 cm³/mol.